The fraction of sp³-hybridized carbons (Fsp3) is 0.400. The molecule has 0 radical (unpaired) electrons. The monoisotopic (exact) mass is 634 g/mol. The molecule has 3 heterocycles. The van der Waals surface area contributed by atoms with E-state index in [0.29, 0.717) is 41.2 Å². The second-order valence-electron chi connectivity index (χ2n) is 10.8. The smallest absolute Gasteiger partial charge is 0.393 e. The topological polar surface area (TPSA) is 92.3 Å². The third-order valence-corrected chi connectivity index (χ3v) is 8.47. The number of halogens is 4. The Morgan fingerprint density at radius 3 is 2.49 bits per heavy atom. The number of pyridine rings is 1. The standard InChI is InChI=1S/C30H33F3N6O2S.ClH/c1-39(2)29(40)20-8-22(35-14-18-4-6-19(7-5-18)21-10-24(41-3)16-34-15-21)11-23(9-20)38-27-26-12-25(13-30(31,32)33)42-28(26)37-17-36-27;/h4-7,10,12,15-17,20,22-23,35H,8-9,11,13-14H2,1-3H3,(H,36,37,38);1H/t20-,22+,23-;/m0./s1. The van der Waals surface area contributed by atoms with Gasteiger partial charge < -0.3 is 20.3 Å². The molecule has 0 bridgehead atoms. The molecule has 0 aliphatic heterocycles. The lowest BCUT2D eigenvalue weighted by molar-refractivity contribution is -0.134. The molecule has 3 atom stereocenters. The van der Waals surface area contributed by atoms with E-state index < -0.39 is 12.6 Å². The van der Waals surface area contributed by atoms with Crippen molar-refractivity contribution in [1.82, 2.24) is 25.2 Å². The van der Waals surface area contributed by atoms with Gasteiger partial charge in [-0.2, -0.15) is 13.2 Å². The number of nitrogens with zero attached hydrogens (tertiary/aromatic N) is 4. The number of carbonyl (C=O) groups is 1. The number of hydrogen-bond acceptors (Lipinski definition) is 8. The number of alkyl halides is 3. The number of hydrogen-bond donors (Lipinski definition) is 2. The number of anilines is 1. The average molecular weight is 635 g/mol. The minimum Gasteiger partial charge on any atom is -0.495 e. The zero-order valence-electron chi connectivity index (χ0n) is 24.0. The van der Waals surface area contributed by atoms with Gasteiger partial charge in [-0.3, -0.25) is 9.78 Å². The van der Waals surface area contributed by atoms with Crippen LogP contribution in [0.4, 0.5) is 19.0 Å². The van der Waals surface area contributed by atoms with Gasteiger partial charge in [0.05, 0.1) is 25.1 Å². The van der Waals surface area contributed by atoms with Crippen LogP contribution in [0.5, 0.6) is 5.75 Å². The fourth-order valence-electron chi connectivity index (χ4n) is 5.43. The van der Waals surface area contributed by atoms with E-state index in [0.717, 1.165) is 34.4 Å². The molecule has 1 fully saturated rings. The Morgan fingerprint density at radius 1 is 1.05 bits per heavy atom. The van der Waals surface area contributed by atoms with Crippen LogP contribution in [0.15, 0.2) is 55.1 Å². The molecule has 43 heavy (non-hydrogen) atoms. The number of benzene rings is 1. The highest BCUT2D eigenvalue weighted by atomic mass is 35.5. The van der Waals surface area contributed by atoms with Crippen LogP contribution in [0.25, 0.3) is 21.3 Å². The van der Waals surface area contributed by atoms with Gasteiger partial charge in [0.1, 0.15) is 22.7 Å². The zero-order chi connectivity index (χ0) is 29.9. The van der Waals surface area contributed by atoms with E-state index in [1.165, 1.54) is 12.4 Å². The summed E-state index contributed by atoms with van der Waals surface area (Å²) in [7, 11) is 5.12. The van der Waals surface area contributed by atoms with Crippen molar-refractivity contribution >= 4 is 45.7 Å². The zero-order valence-corrected chi connectivity index (χ0v) is 25.7. The van der Waals surface area contributed by atoms with E-state index >= 15 is 0 Å². The molecule has 230 valence electrons. The van der Waals surface area contributed by atoms with Gasteiger partial charge in [0, 0.05) is 55.3 Å². The van der Waals surface area contributed by atoms with Gasteiger partial charge >= 0.3 is 6.18 Å². The van der Waals surface area contributed by atoms with E-state index in [2.05, 4.69) is 37.7 Å². The molecule has 2 N–H and O–H groups in total. The number of thiophene rings is 1. The second kappa shape index (κ2) is 13.9. The maximum atomic E-state index is 13.0. The van der Waals surface area contributed by atoms with Gasteiger partial charge in [0.15, 0.2) is 0 Å². The van der Waals surface area contributed by atoms with E-state index in [1.54, 1.807) is 38.5 Å². The average Bonchev–Trinajstić information content (AvgIpc) is 3.37. The van der Waals surface area contributed by atoms with Crippen LogP contribution in [0.1, 0.15) is 29.7 Å². The molecule has 1 saturated carbocycles. The van der Waals surface area contributed by atoms with Crippen molar-refractivity contribution in [2.75, 3.05) is 26.5 Å². The first kappa shape index (κ1) is 32.4. The van der Waals surface area contributed by atoms with Crippen LogP contribution >= 0.6 is 23.7 Å². The SMILES string of the molecule is COc1cncc(-c2ccc(CN[C@H]3C[C@@H](Nc4ncnc5sc(CC(F)(F)F)cc45)C[C@@H](C(=O)N(C)C)C3)cc2)c1.Cl. The van der Waals surface area contributed by atoms with Crippen molar-refractivity contribution < 1.29 is 22.7 Å². The summed E-state index contributed by atoms with van der Waals surface area (Å²) < 4.78 is 44.3. The first-order chi connectivity index (χ1) is 20.1. The third-order valence-electron chi connectivity index (χ3n) is 7.42. The van der Waals surface area contributed by atoms with E-state index in [9.17, 15) is 18.0 Å². The molecule has 1 aliphatic rings. The van der Waals surface area contributed by atoms with Gasteiger partial charge in [0.25, 0.3) is 0 Å². The number of aromatic nitrogens is 3. The van der Waals surface area contributed by atoms with Crippen LogP contribution in [0, 0.1) is 5.92 Å². The second-order valence-corrected chi connectivity index (χ2v) is 11.9. The maximum Gasteiger partial charge on any atom is 0.393 e. The molecule has 3 aromatic heterocycles. The van der Waals surface area contributed by atoms with Crippen molar-refractivity contribution in [3.8, 4) is 16.9 Å². The minimum absolute atomic E-state index is 0. The summed E-state index contributed by atoms with van der Waals surface area (Å²) in [6.45, 7) is 0.625. The lowest BCUT2D eigenvalue weighted by atomic mass is 9.81. The molecular formula is C30H34ClF3N6O2S. The molecule has 13 heteroatoms. The third kappa shape index (κ3) is 8.33. The lowest BCUT2D eigenvalue weighted by Crippen LogP contribution is -2.46. The number of carbonyl (C=O) groups excluding carboxylic acids is 1. The van der Waals surface area contributed by atoms with Gasteiger partial charge in [-0.25, -0.2) is 9.97 Å². The predicted molar refractivity (Wildman–Crippen MR) is 165 cm³/mol. The number of methoxy groups -OCH3 is 1. The Morgan fingerprint density at radius 2 is 1.79 bits per heavy atom. The summed E-state index contributed by atoms with van der Waals surface area (Å²) in [5.41, 5.74) is 3.11. The van der Waals surface area contributed by atoms with E-state index in [-0.39, 0.29) is 41.2 Å². The van der Waals surface area contributed by atoms with Crippen molar-refractivity contribution in [3.05, 3.63) is 65.6 Å². The molecule has 5 rings (SSSR count). The predicted octanol–water partition coefficient (Wildman–Crippen LogP) is 6.12. The van der Waals surface area contributed by atoms with Gasteiger partial charge in [-0.1, -0.05) is 24.3 Å². The quantitative estimate of drug-likeness (QED) is 0.229. The van der Waals surface area contributed by atoms with Crippen molar-refractivity contribution in [2.45, 2.75) is 50.5 Å². The molecule has 4 aromatic rings. The summed E-state index contributed by atoms with van der Waals surface area (Å²) in [6.07, 6.45) is 1.56. The van der Waals surface area contributed by atoms with Crippen LogP contribution in [-0.4, -0.2) is 65.2 Å². The Labute approximate surface area is 258 Å². The number of amides is 1. The summed E-state index contributed by atoms with van der Waals surface area (Å²) >= 11 is 1.02. The van der Waals surface area contributed by atoms with Gasteiger partial charge in [-0.15, -0.1) is 23.7 Å². The summed E-state index contributed by atoms with van der Waals surface area (Å²) in [6, 6.07) is 11.6. The number of rotatable bonds is 9. The van der Waals surface area contributed by atoms with Crippen molar-refractivity contribution in [2.24, 2.45) is 5.92 Å². The van der Waals surface area contributed by atoms with Crippen LogP contribution in [0.3, 0.4) is 0 Å². The van der Waals surface area contributed by atoms with E-state index in [4.69, 9.17) is 4.74 Å². The highest BCUT2D eigenvalue weighted by Gasteiger charge is 2.34. The highest BCUT2D eigenvalue weighted by Crippen LogP contribution is 2.35. The normalized spacial score (nSPS) is 18.6. The number of nitrogens with one attached hydrogen (secondary N) is 2. The van der Waals surface area contributed by atoms with Crippen LogP contribution in [0.2, 0.25) is 0 Å². The molecule has 1 amide bonds. The molecule has 8 nitrogen and oxygen atoms in total. The van der Waals surface area contributed by atoms with Crippen LogP contribution < -0.4 is 15.4 Å². The Bertz CT molecular complexity index is 1530. The Balaban J connectivity index is 0.00000423. The number of ether oxygens (including phenoxy) is 1. The Kier molecular flexibility index (Phi) is 10.5. The summed E-state index contributed by atoms with van der Waals surface area (Å²) in [5.74, 6) is 1.05. The molecule has 1 aliphatic carbocycles. The van der Waals surface area contributed by atoms with E-state index in [1.807, 2.05) is 18.2 Å². The molecule has 0 unspecified atom stereocenters. The molecule has 1 aromatic carbocycles. The molecule has 0 spiro atoms. The lowest BCUT2D eigenvalue weighted by Gasteiger charge is -2.36. The molecule has 0 saturated heterocycles. The molecular weight excluding hydrogens is 601 g/mol. The minimum atomic E-state index is -4.30. The van der Waals surface area contributed by atoms with Crippen molar-refractivity contribution in [3.63, 3.8) is 0 Å². The van der Waals surface area contributed by atoms with Gasteiger partial charge in [-0.05, 0) is 42.5 Å². The largest absolute Gasteiger partial charge is 0.495 e. The maximum absolute atomic E-state index is 13.0. The first-order valence-electron chi connectivity index (χ1n) is 13.7. The first-order valence-corrected chi connectivity index (χ1v) is 14.5. The van der Waals surface area contributed by atoms with Crippen molar-refractivity contribution in [1.29, 1.82) is 0 Å². The van der Waals surface area contributed by atoms with Crippen LogP contribution in [-0.2, 0) is 17.8 Å². The summed E-state index contributed by atoms with van der Waals surface area (Å²) in [4.78, 5) is 28.1. The van der Waals surface area contributed by atoms with Gasteiger partial charge in [0.2, 0.25) is 5.91 Å². The summed E-state index contributed by atoms with van der Waals surface area (Å²) in [5, 5.41) is 7.63. The fourth-order valence-corrected chi connectivity index (χ4v) is 6.46. The number of fused-ring (bicyclic) bond motifs is 1. The highest BCUT2D eigenvalue weighted by molar-refractivity contribution is 7.18. The Hall–Kier alpha value is -3.48.